The second kappa shape index (κ2) is 6.83. The van der Waals surface area contributed by atoms with Crippen molar-refractivity contribution in [1.82, 2.24) is 10.6 Å². The van der Waals surface area contributed by atoms with E-state index in [1.54, 1.807) is 7.11 Å². The molecule has 0 aliphatic rings. The van der Waals surface area contributed by atoms with Crippen molar-refractivity contribution in [1.29, 1.82) is 0 Å². The summed E-state index contributed by atoms with van der Waals surface area (Å²) in [5.74, 6) is 0. The maximum atomic E-state index is 11.4. The van der Waals surface area contributed by atoms with Crippen molar-refractivity contribution in [2.45, 2.75) is 26.0 Å². The summed E-state index contributed by atoms with van der Waals surface area (Å²) >= 11 is 7.31. The first-order valence-corrected chi connectivity index (χ1v) is 6.54. The molecule has 4 nitrogen and oxygen atoms in total. The van der Waals surface area contributed by atoms with Crippen molar-refractivity contribution in [3.63, 3.8) is 0 Å². The zero-order valence-corrected chi connectivity index (χ0v) is 11.7. The molecule has 1 aromatic rings. The summed E-state index contributed by atoms with van der Waals surface area (Å²) in [6.07, 6.45) is -0.162. The monoisotopic (exact) mass is 276 g/mol. The van der Waals surface area contributed by atoms with E-state index in [0.29, 0.717) is 10.9 Å². The summed E-state index contributed by atoms with van der Waals surface area (Å²) in [6.45, 7) is 4.24. The molecule has 0 fully saturated rings. The molecule has 1 aromatic heterocycles. The minimum atomic E-state index is -0.190. The molecule has 0 saturated carbocycles. The molecule has 6 heteroatoms. The molecule has 1 atom stereocenters. The lowest BCUT2D eigenvalue weighted by atomic mass is 10.3. The van der Waals surface area contributed by atoms with Gasteiger partial charge < -0.3 is 15.4 Å². The van der Waals surface area contributed by atoms with E-state index in [0.717, 1.165) is 4.88 Å². The number of urea groups is 1. The largest absolute Gasteiger partial charge is 0.374 e. The minimum absolute atomic E-state index is 0.118. The van der Waals surface area contributed by atoms with Gasteiger partial charge in [0.05, 0.1) is 10.9 Å². The van der Waals surface area contributed by atoms with E-state index in [1.807, 2.05) is 26.0 Å². The van der Waals surface area contributed by atoms with Crippen molar-refractivity contribution >= 4 is 29.0 Å². The zero-order valence-electron chi connectivity index (χ0n) is 10.1. The number of hydrogen-bond acceptors (Lipinski definition) is 3. The highest BCUT2D eigenvalue weighted by atomic mass is 35.5. The van der Waals surface area contributed by atoms with E-state index in [9.17, 15) is 4.79 Å². The fourth-order valence-electron chi connectivity index (χ4n) is 1.30. The summed E-state index contributed by atoms with van der Waals surface area (Å²) in [6, 6.07) is 3.65. The number of rotatable bonds is 5. The van der Waals surface area contributed by atoms with Crippen LogP contribution < -0.4 is 10.6 Å². The van der Waals surface area contributed by atoms with Crippen molar-refractivity contribution in [2.75, 3.05) is 13.7 Å². The molecule has 96 valence electrons. The number of carbonyl (C=O) groups excluding carboxylic acids is 1. The molecular formula is C11H17ClN2O2S. The van der Waals surface area contributed by atoms with Gasteiger partial charge in [0.25, 0.3) is 0 Å². The van der Waals surface area contributed by atoms with Crippen LogP contribution in [0.3, 0.4) is 0 Å². The lowest BCUT2D eigenvalue weighted by molar-refractivity contribution is 0.106. The van der Waals surface area contributed by atoms with Crippen LogP contribution in [0.25, 0.3) is 0 Å². The van der Waals surface area contributed by atoms with E-state index >= 15 is 0 Å². The fraction of sp³-hybridized carbons (Fsp3) is 0.545. The van der Waals surface area contributed by atoms with Crippen molar-refractivity contribution in [2.24, 2.45) is 0 Å². The van der Waals surface area contributed by atoms with E-state index in [4.69, 9.17) is 16.3 Å². The van der Waals surface area contributed by atoms with Gasteiger partial charge in [-0.1, -0.05) is 11.6 Å². The Kier molecular flexibility index (Phi) is 5.74. The number of thiophene rings is 1. The van der Waals surface area contributed by atoms with Gasteiger partial charge in [-0.2, -0.15) is 0 Å². The third kappa shape index (κ3) is 4.93. The van der Waals surface area contributed by atoms with Crippen molar-refractivity contribution in [3.05, 3.63) is 21.3 Å². The van der Waals surface area contributed by atoms with Crippen molar-refractivity contribution in [3.8, 4) is 0 Å². The Labute approximate surface area is 110 Å². The molecule has 0 unspecified atom stereocenters. The summed E-state index contributed by atoms with van der Waals surface area (Å²) in [5, 5.41) is 5.51. The molecule has 0 bridgehead atoms. The van der Waals surface area contributed by atoms with Crippen LogP contribution in [-0.2, 0) is 4.74 Å². The molecule has 1 heterocycles. The van der Waals surface area contributed by atoms with Crippen LogP contribution in [0.15, 0.2) is 12.1 Å². The van der Waals surface area contributed by atoms with Gasteiger partial charge in [-0.15, -0.1) is 11.3 Å². The topological polar surface area (TPSA) is 50.4 Å². The molecule has 0 aliphatic heterocycles. The molecule has 0 saturated heterocycles. The first kappa shape index (κ1) is 14.3. The van der Waals surface area contributed by atoms with Gasteiger partial charge >= 0.3 is 6.03 Å². The van der Waals surface area contributed by atoms with Crippen LogP contribution in [0, 0.1) is 0 Å². The summed E-state index contributed by atoms with van der Waals surface area (Å²) in [4.78, 5) is 12.4. The lowest BCUT2D eigenvalue weighted by Gasteiger charge is -2.16. The second-order valence-electron chi connectivity index (χ2n) is 3.88. The number of methoxy groups -OCH3 is 1. The average molecular weight is 277 g/mol. The molecule has 2 N–H and O–H groups in total. The fourth-order valence-corrected chi connectivity index (χ4v) is 2.44. The van der Waals surface area contributed by atoms with Gasteiger partial charge in [0.2, 0.25) is 0 Å². The van der Waals surface area contributed by atoms with Gasteiger partial charge in [0.15, 0.2) is 0 Å². The SMILES string of the molecule is CO[C@@H](CNC(=O)NC(C)C)c1ccc(Cl)s1. The van der Waals surface area contributed by atoms with E-state index in [2.05, 4.69) is 10.6 Å². The van der Waals surface area contributed by atoms with E-state index in [-0.39, 0.29) is 18.2 Å². The predicted molar refractivity (Wildman–Crippen MR) is 70.7 cm³/mol. The third-order valence-electron chi connectivity index (χ3n) is 2.06. The van der Waals surface area contributed by atoms with Crippen LogP contribution >= 0.6 is 22.9 Å². The Balaban J connectivity index is 2.45. The molecule has 0 spiro atoms. The van der Waals surface area contributed by atoms with Crippen LogP contribution in [0.4, 0.5) is 4.79 Å². The first-order chi connectivity index (χ1) is 8.02. The Hall–Kier alpha value is -0.780. The average Bonchev–Trinajstić information content (AvgIpc) is 2.65. The Bertz CT molecular complexity index is 368. The number of ether oxygens (including phenoxy) is 1. The second-order valence-corrected chi connectivity index (χ2v) is 5.62. The highest BCUT2D eigenvalue weighted by molar-refractivity contribution is 7.16. The van der Waals surface area contributed by atoms with Crippen LogP contribution in [0.2, 0.25) is 4.34 Å². The van der Waals surface area contributed by atoms with Crippen LogP contribution in [0.1, 0.15) is 24.8 Å². The third-order valence-corrected chi connectivity index (χ3v) is 3.39. The maximum Gasteiger partial charge on any atom is 0.315 e. The predicted octanol–water partition coefficient (Wildman–Crippen LogP) is 2.80. The number of hydrogen-bond donors (Lipinski definition) is 2. The Morgan fingerprint density at radius 1 is 1.53 bits per heavy atom. The smallest absolute Gasteiger partial charge is 0.315 e. The number of halogens is 1. The van der Waals surface area contributed by atoms with Gasteiger partial charge in [-0.3, -0.25) is 0 Å². The summed E-state index contributed by atoms with van der Waals surface area (Å²) in [7, 11) is 1.61. The van der Waals surface area contributed by atoms with Crippen LogP contribution in [0.5, 0.6) is 0 Å². The molecule has 1 rings (SSSR count). The van der Waals surface area contributed by atoms with Gasteiger partial charge in [0.1, 0.15) is 6.10 Å². The maximum absolute atomic E-state index is 11.4. The lowest BCUT2D eigenvalue weighted by Crippen LogP contribution is -2.41. The molecule has 0 aromatic carbocycles. The standard InChI is InChI=1S/C11H17ClN2O2S/c1-7(2)14-11(15)13-6-8(16-3)9-4-5-10(12)17-9/h4-5,7-8H,6H2,1-3H3,(H2,13,14,15)/t8-/m0/s1. The summed E-state index contributed by atoms with van der Waals surface area (Å²) in [5.41, 5.74) is 0. The number of carbonyl (C=O) groups is 1. The Morgan fingerprint density at radius 2 is 2.24 bits per heavy atom. The molecule has 2 amide bonds. The van der Waals surface area contributed by atoms with Gasteiger partial charge in [-0.05, 0) is 26.0 Å². The highest BCUT2D eigenvalue weighted by Crippen LogP contribution is 2.28. The summed E-state index contributed by atoms with van der Waals surface area (Å²) < 4.78 is 6.03. The Morgan fingerprint density at radius 3 is 2.71 bits per heavy atom. The van der Waals surface area contributed by atoms with Gasteiger partial charge in [0, 0.05) is 18.0 Å². The van der Waals surface area contributed by atoms with Crippen LogP contribution in [-0.4, -0.2) is 25.7 Å². The van der Waals surface area contributed by atoms with E-state index in [1.165, 1.54) is 11.3 Å². The number of nitrogens with one attached hydrogen (secondary N) is 2. The van der Waals surface area contributed by atoms with Gasteiger partial charge in [-0.25, -0.2) is 4.79 Å². The normalized spacial score (nSPS) is 12.5. The molecule has 0 radical (unpaired) electrons. The first-order valence-electron chi connectivity index (χ1n) is 5.35. The quantitative estimate of drug-likeness (QED) is 0.869. The molecular weight excluding hydrogens is 260 g/mol. The van der Waals surface area contributed by atoms with Crippen molar-refractivity contribution < 1.29 is 9.53 Å². The zero-order chi connectivity index (χ0) is 12.8. The molecule has 17 heavy (non-hydrogen) atoms. The highest BCUT2D eigenvalue weighted by Gasteiger charge is 2.14. The molecule has 0 aliphatic carbocycles. The number of amides is 2. The van der Waals surface area contributed by atoms with E-state index < -0.39 is 0 Å². The minimum Gasteiger partial charge on any atom is -0.374 e.